The number of ether oxygens (including phenoxy) is 4. The molecule has 0 radical (unpaired) electrons. The van der Waals surface area contributed by atoms with Gasteiger partial charge < -0.3 is 24.3 Å². The Labute approximate surface area is 343 Å². The fourth-order valence-electron chi connectivity index (χ4n) is 6.32. The SMILES string of the molecule is [3H]CC1(COP(OCC[N+]#[C-])N([I-]CCC)C(C)C)CCN(C(=O)CCCCCNC(=O)CCCCO[C@@H]2O[C@H](CC)[C@H](OC(C)=O)[C@H](OC(C)=O)[C@H]2C)CC1. The molecular weight excluding hydrogens is 842 g/mol. The Morgan fingerprint density at radius 3 is 2.33 bits per heavy atom. The minimum atomic E-state index is -1.29. The summed E-state index contributed by atoms with van der Waals surface area (Å²) in [4.78, 5) is 54.3. The molecule has 55 heavy (non-hydrogen) atoms. The number of carbonyl (C=O) groups is 4. The normalized spacial score (nSPS) is 23.2. The first kappa shape index (κ1) is 47.7. The van der Waals surface area contributed by atoms with Crippen molar-refractivity contribution in [2.75, 3.05) is 50.4 Å². The molecule has 16 heteroatoms. The molecule has 0 bridgehead atoms. The van der Waals surface area contributed by atoms with Crippen molar-refractivity contribution in [3.05, 3.63) is 11.4 Å². The molecule has 0 aromatic carbocycles. The number of likely N-dealkylation sites (tertiary alicyclic amines) is 1. The van der Waals surface area contributed by atoms with Gasteiger partial charge in [0.2, 0.25) is 5.91 Å². The topological polar surface area (TPSA) is 147 Å². The second-order valence-electron chi connectivity index (χ2n) is 14.7. The number of halogens is 1. The molecule has 14 nitrogen and oxygen atoms in total. The third kappa shape index (κ3) is 18.6. The fourth-order valence-corrected chi connectivity index (χ4v) is 11.5. The van der Waals surface area contributed by atoms with Crippen molar-refractivity contribution in [3.8, 4) is 0 Å². The monoisotopic (exact) mass is 913 g/mol. The van der Waals surface area contributed by atoms with E-state index in [1.165, 1.54) is 13.8 Å². The van der Waals surface area contributed by atoms with Crippen molar-refractivity contribution in [3.63, 3.8) is 0 Å². The van der Waals surface area contributed by atoms with Crippen LogP contribution in [-0.2, 0) is 47.2 Å². The van der Waals surface area contributed by atoms with Crippen LogP contribution in [0.15, 0.2) is 0 Å². The third-order valence-corrected chi connectivity index (χ3v) is 16.1. The number of nitrogens with one attached hydrogen (secondary N) is 1. The molecule has 2 saturated heterocycles. The summed E-state index contributed by atoms with van der Waals surface area (Å²) >= 11 is -0.255. The number of alkyl halides is 1. The van der Waals surface area contributed by atoms with Crippen molar-refractivity contribution in [1.29, 1.82) is 0 Å². The van der Waals surface area contributed by atoms with Crippen LogP contribution in [0.2, 0.25) is 0 Å². The summed E-state index contributed by atoms with van der Waals surface area (Å²) < 4.78 is 47.5. The zero-order chi connectivity index (χ0) is 41.5. The molecule has 2 aliphatic heterocycles. The Hall–Kier alpha value is -1.67. The third-order valence-electron chi connectivity index (χ3n) is 9.46. The summed E-state index contributed by atoms with van der Waals surface area (Å²) in [5.41, 5.74) is -0.314. The Morgan fingerprint density at radius 2 is 1.71 bits per heavy atom. The summed E-state index contributed by atoms with van der Waals surface area (Å²) in [6.07, 6.45) is 5.12. The zero-order valence-corrected chi connectivity index (χ0v) is 37.4. The van der Waals surface area contributed by atoms with Gasteiger partial charge in [-0.15, -0.1) is 0 Å². The molecule has 1 unspecified atom stereocenters. The Kier molecular flexibility index (Phi) is 23.5. The van der Waals surface area contributed by atoms with Gasteiger partial charge in [0.15, 0.2) is 12.4 Å². The Balaban J connectivity index is 1.65. The molecule has 1 N–H and O–H groups in total. The molecule has 2 fully saturated rings. The van der Waals surface area contributed by atoms with Gasteiger partial charge in [-0.3, -0.25) is 14.4 Å². The van der Waals surface area contributed by atoms with Gasteiger partial charge >= 0.3 is 197 Å². The van der Waals surface area contributed by atoms with Crippen molar-refractivity contribution in [2.24, 2.45) is 11.3 Å². The van der Waals surface area contributed by atoms with Crippen LogP contribution in [-0.4, -0.2) is 113 Å². The van der Waals surface area contributed by atoms with Crippen molar-refractivity contribution < 1.29 is 70.0 Å². The van der Waals surface area contributed by atoms with Crippen LogP contribution in [0.25, 0.3) is 4.85 Å². The van der Waals surface area contributed by atoms with Gasteiger partial charge in [-0.2, -0.15) is 0 Å². The van der Waals surface area contributed by atoms with Crippen LogP contribution in [0, 0.1) is 17.9 Å². The number of rotatable bonds is 26. The number of hydrogen-bond donors (Lipinski definition) is 1. The second kappa shape index (κ2) is 27.1. The van der Waals surface area contributed by atoms with Crippen molar-refractivity contribution >= 4 is 32.3 Å². The summed E-state index contributed by atoms with van der Waals surface area (Å²) in [7, 11) is -1.29. The number of amides is 2. The first-order valence-electron chi connectivity index (χ1n) is 20.7. The summed E-state index contributed by atoms with van der Waals surface area (Å²) in [6.45, 7) is 23.5. The van der Waals surface area contributed by atoms with Crippen LogP contribution in [0.3, 0.4) is 0 Å². The Morgan fingerprint density at radius 1 is 1.02 bits per heavy atom. The number of unbranched alkanes of at least 4 members (excludes halogenated alkanes) is 3. The first-order valence-corrected chi connectivity index (χ1v) is 23.7. The fraction of sp³-hybridized carbons (Fsp3) is 0.872. The summed E-state index contributed by atoms with van der Waals surface area (Å²) in [5, 5.41) is 2.97. The zero-order valence-electron chi connectivity index (χ0n) is 35.4. The number of hydrogen-bond acceptors (Lipinski definition) is 11. The predicted molar refractivity (Wildman–Crippen MR) is 207 cm³/mol. The summed E-state index contributed by atoms with van der Waals surface area (Å²) in [5.74, 6) is -1.18. The first-order chi connectivity index (χ1) is 26.8. The standard InChI is InChI=1S/C39H69IN4O10P/c1-10-21-40-44(29(3)4)55(50-27-23-41-9)51-28-39(8)19-24-43(25-20-39)35(48)18-13-12-15-22-42-34(47)17-14-16-26-49-38-30(5)36(52-31(6)45)37(53-32(7)46)33(11-2)54-38/h29-30,33,36-38H,10-28H2,1-8H3,(H,42,47)/q-1/t30-,33-,36-,37+,38-,55?/m1/s1/i8T. The Bertz CT molecular complexity index is 1220. The van der Waals surface area contributed by atoms with Gasteiger partial charge in [0.1, 0.15) is 12.2 Å². The molecule has 0 aromatic rings. The molecule has 2 aliphatic rings. The van der Waals surface area contributed by atoms with E-state index in [1.807, 2.05) is 18.7 Å². The molecule has 0 aliphatic carbocycles. The van der Waals surface area contributed by atoms with Gasteiger partial charge in [-0.25, -0.2) is 0 Å². The van der Waals surface area contributed by atoms with Crippen LogP contribution < -0.4 is 26.8 Å². The van der Waals surface area contributed by atoms with E-state index in [-0.39, 0.29) is 57.6 Å². The van der Waals surface area contributed by atoms with Gasteiger partial charge in [0.05, 0.1) is 0 Å². The minimum absolute atomic E-state index is 0.0225. The molecule has 2 heterocycles. The van der Waals surface area contributed by atoms with Crippen LogP contribution in [0.1, 0.15) is 127 Å². The van der Waals surface area contributed by atoms with E-state index in [9.17, 15) is 19.2 Å². The number of piperidine rings is 1. The molecule has 0 saturated carbocycles. The average Bonchev–Trinajstić information content (AvgIpc) is 3.16. The van der Waals surface area contributed by atoms with Crippen LogP contribution in [0.4, 0.5) is 0 Å². The maximum atomic E-state index is 13.0. The second-order valence-corrected chi connectivity index (χ2v) is 19.7. The number of nitrogens with zero attached hydrogens (tertiary/aromatic N) is 3. The van der Waals surface area contributed by atoms with Gasteiger partial charge in [-0.1, -0.05) is 13.8 Å². The molecule has 2 rings (SSSR count). The van der Waals surface area contributed by atoms with E-state index >= 15 is 0 Å². The van der Waals surface area contributed by atoms with E-state index in [4.69, 9.17) is 35.9 Å². The van der Waals surface area contributed by atoms with Gasteiger partial charge in [-0.05, 0) is 25.7 Å². The quantitative estimate of drug-likeness (QED) is 0.0259. The van der Waals surface area contributed by atoms with E-state index in [0.717, 1.165) is 43.0 Å². The number of carbonyl (C=O) groups excluding carboxylic acids is 4. The molecule has 2 amide bonds. The van der Waals surface area contributed by atoms with E-state index < -0.39 is 45.1 Å². The van der Waals surface area contributed by atoms with Gasteiger partial charge in [0.25, 0.3) is 0 Å². The maximum absolute atomic E-state index is 13.0. The molecule has 6 atom stereocenters. The number of esters is 2. The van der Waals surface area contributed by atoms with Crippen molar-refractivity contribution in [2.45, 2.75) is 157 Å². The van der Waals surface area contributed by atoms with Crippen LogP contribution in [0.5, 0.6) is 0 Å². The summed E-state index contributed by atoms with van der Waals surface area (Å²) in [6, 6.07) is 0.285. The van der Waals surface area contributed by atoms with E-state index in [1.54, 1.807) is 0 Å². The van der Waals surface area contributed by atoms with Crippen molar-refractivity contribution in [1.82, 2.24) is 13.1 Å². The average molecular weight is 914 g/mol. The van der Waals surface area contributed by atoms with Gasteiger partial charge in [0, 0.05) is 39.3 Å². The molecule has 0 aromatic heterocycles. The van der Waals surface area contributed by atoms with E-state index in [0.29, 0.717) is 78.1 Å². The van der Waals surface area contributed by atoms with Crippen LogP contribution >= 0.6 is 8.53 Å². The molecular formula is C39H69IN4O10P-. The predicted octanol–water partition coefficient (Wildman–Crippen LogP) is 3.42. The molecule has 318 valence electrons. The molecule has 0 spiro atoms. The van der Waals surface area contributed by atoms with E-state index in [2.05, 4.69) is 33.8 Å².